The monoisotopic (exact) mass is 364 g/mol. The number of hydrogen-bond acceptors (Lipinski definition) is 5. The minimum Gasteiger partial charge on any atom is -0.493 e. The molecule has 0 radical (unpaired) electrons. The highest BCUT2D eigenvalue weighted by Gasteiger charge is 2.20. The van der Waals surface area contributed by atoms with Gasteiger partial charge in [-0.15, -0.1) is 12.4 Å². The van der Waals surface area contributed by atoms with E-state index in [4.69, 9.17) is 19.9 Å². The van der Waals surface area contributed by atoms with Gasteiger partial charge in [-0.2, -0.15) is 0 Å². The average molecular weight is 365 g/mol. The topological polar surface area (TPSA) is 57.0 Å². The van der Waals surface area contributed by atoms with E-state index in [0.717, 1.165) is 43.1 Å². The third-order valence-corrected chi connectivity index (χ3v) is 4.13. The van der Waals surface area contributed by atoms with Gasteiger partial charge in [0.2, 0.25) is 12.5 Å². The smallest absolute Gasteiger partial charge is 0.231 e. The number of halogens is 1. The van der Waals surface area contributed by atoms with Crippen molar-refractivity contribution in [2.45, 2.75) is 13.0 Å². The van der Waals surface area contributed by atoms with Crippen LogP contribution >= 0.6 is 12.4 Å². The molecular formula is C19H25ClN2O3. The average Bonchev–Trinajstić information content (AvgIpc) is 3.08. The molecule has 0 spiro atoms. The van der Waals surface area contributed by atoms with E-state index in [0.29, 0.717) is 12.3 Å². The summed E-state index contributed by atoms with van der Waals surface area (Å²) in [6.07, 6.45) is 1.00. The van der Waals surface area contributed by atoms with Gasteiger partial charge in [0, 0.05) is 26.2 Å². The number of ether oxygens (including phenoxy) is 3. The molecular weight excluding hydrogens is 340 g/mol. The Morgan fingerprint density at radius 2 is 1.88 bits per heavy atom. The second-order valence-corrected chi connectivity index (χ2v) is 5.83. The maximum absolute atomic E-state index is 5.79. The summed E-state index contributed by atoms with van der Waals surface area (Å²) in [4.78, 5) is 2.35. The molecule has 2 aromatic rings. The van der Waals surface area contributed by atoms with Crippen LogP contribution in [0.4, 0.5) is 0 Å². The Hall–Kier alpha value is -1.95. The Labute approximate surface area is 155 Å². The minimum absolute atomic E-state index is 0. The lowest BCUT2D eigenvalue weighted by Gasteiger charge is -2.22. The van der Waals surface area contributed by atoms with Gasteiger partial charge in [-0.25, -0.2) is 0 Å². The molecule has 0 saturated carbocycles. The lowest BCUT2D eigenvalue weighted by Crippen LogP contribution is -2.31. The molecule has 6 heteroatoms. The highest BCUT2D eigenvalue weighted by atomic mass is 35.5. The van der Waals surface area contributed by atoms with Crippen LogP contribution in [0.15, 0.2) is 42.5 Å². The van der Waals surface area contributed by atoms with Gasteiger partial charge in [-0.1, -0.05) is 30.3 Å². The Morgan fingerprint density at radius 3 is 2.60 bits per heavy atom. The molecule has 3 rings (SSSR count). The molecule has 2 N–H and O–H groups in total. The fourth-order valence-electron chi connectivity index (χ4n) is 2.92. The number of nitrogens with two attached hydrogens (primary N) is 1. The first-order valence-electron chi connectivity index (χ1n) is 8.23. The van der Waals surface area contributed by atoms with Crippen LogP contribution < -0.4 is 19.9 Å². The van der Waals surface area contributed by atoms with E-state index in [2.05, 4.69) is 29.2 Å². The molecule has 0 fully saturated rings. The number of rotatable bonds is 8. The number of methoxy groups -OCH3 is 1. The molecule has 0 atom stereocenters. The van der Waals surface area contributed by atoms with Gasteiger partial charge >= 0.3 is 0 Å². The van der Waals surface area contributed by atoms with Crippen LogP contribution in [0.2, 0.25) is 0 Å². The summed E-state index contributed by atoms with van der Waals surface area (Å²) in [7, 11) is 1.65. The van der Waals surface area contributed by atoms with E-state index in [-0.39, 0.29) is 19.2 Å². The fraction of sp³-hybridized carbons (Fsp3) is 0.368. The molecule has 0 unspecified atom stereocenters. The van der Waals surface area contributed by atoms with E-state index in [1.54, 1.807) is 7.11 Å². The first-order chi connectivity index (χ1) is 11.8. The number of nitrogens with zero attached hydrogens (tertiary/aromatic N) is 1. The zero-order chi connectivity index (χ0) is 16.8. The zero-order valence-corrected chi connectivity index (χ0v) is 15.3. The summed E-state index contributed by atoms with van der Waals surface area (Å²) < 4.78 is 16.4. The van der Waals surface area contributed by atoms with Crippen LogP contribution in [0.3, 0.4) is 0 Å². The van der Waals surface area contributed by atoms with E-state index in [1.165, 1.54) is 5.56 Å². The van der Waals surface area contributed by atoms with Crippen molar-refractivity contribution in [1.29, 1.82) is 0 Å². The standard InChI is InChI=1S/C19H24N2O3.ClH/c1-22-17-11-16(12-18-19(17)24-14-23-18)13-21(10-8-20)9-7-15-5-3-2-4-6-15;/h2-6,11-12H,7-10,13-14,20H2,1H3;1H. The highest BCUT2D eigenvalue weighted by Crippen LogP contribution is 2.42. The first-order valence-corrected chi connectivity index (χ1v) is 8.23. The van der Waals surface area contributed by atoms with E-state index < -0.39 is 0 Å². The molecule has 0 aliphatic carbocycles. The van der Waals surface area contributed by atoms with Crippen molar-refractivity contribution in [3.63, 3.8) is 0 Å². The van der Waals surface area contributed by atoms with Crippen LogP contribution in [0.1, 0.15) is 11.1 Å². The van der Waals surface area contributed by atoms with E-state index in [9.17, 15) is 0 Å². The van der Waals surface area contributed by atoms with Crippen molar-refractivity contribution < 1.29 is 14.2 Å². The van der Waals surface area contributed by atoms with Crippen molar-refractivity contribution in [3.05, 3.63) is 53.6 Å². The molecule has 136 valence electrons. The van der Waals surface area contributed by atoms with Crippen LogP contribution in [0.5, 0.6) is 17.2 Å². The molecule has 1 aliphatic rings. The van der Waals surface area contributed by atoms with Crippen LogP contribution in [-0.4, -0.2) is 38.4 Å². The van der Waals surface area contributed by atoms with Crippen LogP contribution in [-0.2, 0) is 13.0 Å². The lowest BCUT2D eigenvalue weighted by atomic mass is 10.1. The molecule has 1 heterocycles. The quantitative estimate of drug-likeness (QED) is 0.780. The summed E-state index contributed by atoms with van der Waals surface area (Å²) in [5, 5.41) is 0. The maximum Gasteiger partial charge on any atom is 0.231 e. The molecule has 2 aromatic carbocycles. The second-order valence-electron chi connectivity index (χ2n) is 5.83. The second kappa shape index (κ2) is 9.51. The maximum atomic E-state index is 5.79. The fourth-order valence-corrected chi connectivity index (χ4v) is 2.92. The summed E-state index contributed by atoms with van der Waals surface area (Å²) in [5.74, 6) is 2.16. The van der Waals surface area contributed by atoms with Gasteiger partial charge < -0.3 is 19.9 Å². The van der Waals surface area contributed by atoms with Gasteiger partial charge in [-0.05, 0) is 29.7 Å². The molecule has 5 nitrogen and oxygen atoms in total. The third kappa shape index (κ3) is 5.01. The zero-order valence-electron chi connectivity index (χ0n) is 14.4. The third-order valence-electron chi connectivity index (χ3n) is 4.13. The van der Waals surface area contributed by atoms with Crippen molar-refractivity contribution in [3.8, 4) is 17.2 Å². The Morgan fingerprint density at radius 1 is 1.08 bits per heavy atom. The summed E-state index contributed by atoms with van der Waals surface area (Å²) in [5.41, 5.74) is 8.26. The molecule has 0 saturated heterocycles. The van der Waals surface area contributed by atoms with Gasteiger partial charge in [0.25, 0.3) is 0 Å². The predicted molar refractivity (Wildman–Crippen MR) is 101 cm³/mol. The first kappa shape index (κ1) is 19.4. The molecule has 0 aromatic heterocycles. The van der Waals surface area contributed by atoms with Gasteiger partial charge in [0.15, 0.2) is 11.5 Å². The molecule has 0 bridgehead atoms. The molecule has 25 heavy (non-hydrogen) atoms. The number of hydrogen-bond donors (Lipinski definition) is 1. The Balaban J connectivity index is 0.00000225. The normalized spacial score (nSPS) is 12.1. The van der Waals surface area contributed by atoms with Gasteiger partial charge in [0.05, 0.1) is 7.11 Å². The Kier molecular flexibility index (Phi) is 7.37. The SMILES string of the molecule is COc1cc(CN(CCN)CCc2ccccc2)cc2c1OCO2.Cl. The summed E-state index contributed by atoms with van der Waals surface area (Å²) in [6.45, 7) is 3.49. The minimum atomic E-state index is 0. The van der Waals surface area contributed by atoms with E-state index in [1.807, 2.05) is 18.2 Å². The van der Waals surface area contributed by atoms with E-state index >= 15 is 0 Å². The van der Waals surface area contributed by atoms with Gasteiger partial charge in [0.1, 0.15) is 0 Å². The Bertz CT molecular complexity index is 667. The van der Waals surface area contributed by atoms with Crippen molar-refractivity contribution >= 4 is 12.4 Å². The van der Waals surface area contributed by atoms with Crippen molar-refractivity contribution in [2.24, 2.45) is 5.73 Å². The molecule has 1 aliphatic heterocycles. The largest absolute Gasteiger partial charge is 0.493 e. The predicted octanol–water partition coefficient (Wildman–Crippen LogP) is 2.85. The van der Waals surface area contributed by atoms with Crippen molar-refractivity contribution in [2.75, 3.05) is 33.5 Å². The van der Waals surface area contributed by atoms with Crippen LogP contribution in [0, 0.1) is 0 Å². The molecule has 0 amide bonds. The number of fused-ring (bicyclic) bond motifs is 1. The van der Waals surface area contributed by atoms with Crippen LogP contribution in [0.25, 0.3) is 0 Å². The highest BCUT2D eigenvalue weighted by molar-refractivity contribution is 5.85. The van der Waals surface area contributed by atoms with Gasteiger partial charge in [-0.3, -0.25) is 4.90 Å². The summed E-state index contributed by atoms with van der Waals surface area (Å²) in [6, 6.07) is 14.5. The summed E-state index contributed by atoms with van der Waals surface area (Å²) >= 11 is 0. The lowest BCUT2D eigenvalue weighted by molar-refractivity contribution is 0.171. The van der Waals surface area contributed by atoms with Crippen molar-refractivity contribution in [1.82, 2.24) is 4.90 Å². The number of benzene rings is 2.